The van der Waals surface area contributed by atoms with Crippen molar-refractivity contribution in [3.8, 4) is 0 Å². The number of aromatic nitrogens is 1. The lowest BCUT2D eigenvalue weighted by atomic mass is 10.1. The average molecular weight is 304 g/mol. The summed E-state index contributed by atoms with van der Waals surface area (Å²) < 4.78 is 0. The van der Waals surface area contributed by atoms with E-state index in [1.807, 2.05) is 51.0 Å². The molecule has 2 rings (SSSR count). The molecule has 0 saturated carbocycles. The van der Waals surface area contributed by atoms with Gasteiger partial charge in [-0.1, -0.05) is 29.8 Å². The summed E-state index contributed by atoms with van der Waals surface area (Å²) in [6.45, 7) is 3.93. The maximum absolute atomic E-state index is 12.4. The summed E-state index contributed by atoms with van der Waals surface area (Å²) in [6.07, 6.45) is 0. The van der Waals surface area contributed by atoms with Gasteiger partial charge in [0.05, 0.1) is 0 Å². The van der Waals surface area contributed by atoms with Crippen LogP contribution in [-0.2, 0) is 0 Å². The molecular formula is C16H18ClN3O. The molecule has 1 N–H and O–H groups in total. The fraction of sp³-hybridized carbons (Fsp3) is 0.250. The largest absolute Gasteiger partial charge is 0.363 e. The minimum absolute atomic E-state index is 0.195. The Balaban J connectivity index is 2.33. The van der Waals surface area contributed by atoms with E-state index in [4.69, 9.17) is 11.6 Å². The fourth-order valence-electron chi connectivity index (χ4n) is 2.04. The standard InChI is InChI=1S/C16H18ClN3O/c1-10-6-5-7-11(2)15(10)19-16(21)12-8-13(17)18-14(9-12)20(3)4/h5-9H,1-4H3,(H,19,21). The molecule has 0 unspecified atom stereocenters. The van der Waals surface area contributed by atoms with E-state index in [9.17, 15) is 4.79 Å². The summed E-state index contributed by atoms with van der Waals surface area (Å²) >= 11 is 5.99. The lowest BCUT2D eigenvalue weighted by Gasteiger charge is -2.14. The number of benzene rings is 1. The van der Waals surface area contributed by atoms with Gasteiger partial charge in [0.25, 0.3) is 5.91 Å². The number of hydrogen-bond donors (Lipinski definition) is 1. The van der Waals surface area contributed by atoms with Crippen LogP contribution in [-0.4, -0.2) is 25.0 Å². The summed E-state index contributed by atoms with van der Waals surface area (Å²) in [5, 5.41) is 3.24. The Labute approximate surface area is 129 Å². The van der Waals surface area contributed by atoms with Gasteiger partial charge in [0.2, 0.25) is 0 Å². The number of amides is 1. The molecular weight excluding hydrogens is 286 g/mol. The lowest BCUT2D eigenvalue weighted by Crippen LogP contribution is -2.16. The molecule has 0 bridgehead atoms. The molecule has 21 heavy (non-hydrogen) atoms. The number of halogens is 1. The van der Waals surface area contributed by atoms with Crippen LogP contribution in [0.1, 0.15) is 21.5 Å². The van der Waals surface area contributed by atoms with Crippen LogP contribution in [0.3, 0.4) is 0 Å². The van der Waals surface area contributed by atoms with Crippen LogP contribution < -0.4 is 10.2 Å². The van der Waals surface area contributed by atoms with Crippen LogP contribution in [0.5, 0.6) is 0 Å². The highest BCUT2D eigenvalue weighted by atomic mass is 35.5. The SMILES string of the molecule is Cc1cccc(C)c1NC(=O)c1cc(Cl)nc(N(C)C)c1. The summed E-state index contributed by atoms with van der Waals surface area (Å²) in [4.78, 5) is 18.4. The van der Waals surface area contributed by atoms with E-state index in [2.05, 4.69) is 10.3 Å². The first-order valence-electron chi connectivity index (χ1n) is 6.61. The normalized spacial score (nSPS) is 10.3. The predicted molar refractivity (Wildman–Crippen MR) is 87.4 cm³/mol. The maximum atomic E-state index is 12.4. The van der Waals surface area contributed by atoms with Gasteiger partial charge in [-0.3, -0.25) is 4.79 Å². The average Bonchev–Trinajstić information content (AvgIpc) is 2.42. The Kier molecular flexibility index (Phi) is 4.48. The van der Waals surface area contributed by atoms with Gasteiger partial charge in [0.1, 0.15) is 11.0 Å². The Morgan fingerprint density at radius 1 is 1.19 bits per heavy atom. The highest BCUT2D eigenvalue weighted by molar-refractivity contribution is 6.30. The van der Waals surface area contributed by atoms with Gasteiger partial charge >= 0.3 is 0 Å². The van der Waals surface area contributed by atoms with Gasteiger partial charge in [-0.2, -0.15) is 0 Å². The minimum Gasteiger partial charge on any atom is -0.363 e. The number of para-hydroxylation sites is 1. The molecule has 4 nitrogen and oxygen atoms in total. The molecule has 2 aromatic rings. The van der Waals surface area contributed by atoms with Crippen LogP contribution in [0.2, 0.25) is 5.15 Å². The van der Waals surface area contributed by atoms with Gasteiger partial charge in [-0.25, -0.2) is 4.98 Å². The second-order valence-electron chi connectivity index (χ2n) is 5.15. The molecule has 0 saturated heterocycles. The van der Waals surface area contributed by atoms with Gasteiger partial charge in [-0.05, 0) is 37.1 Å². The molecule has 1 aromatic heterocycles. The molecule has 110 valence electrons. The second-order valence-corrected chi connectivity index (χ2v) is 5.54. The zero-order valence-corrected chi connectivity index (χ0v) is 13.3. The van der Waals surface area contributed by atoms with E-state index in [0.29, 0.717) is 16.5 Å². The highest BCUT2D eigenvalue weighted by Crippen LogP contribution is 2.22. The van der Waals surface area contributed by atoms with Crippen molar-refractivity contribution in [3.63, 3.8) is 0 Å². The molecule has 0 aliphatic heterocycles. The van der Waals surface area contributed by atoms with E-state index in [1.165, 1.54) is 0 Å². The lowest BCUT2D eigenvalue weighted by molar-refractivity contribution is 0.102. The molecule has 1 heterocycles. The molecule has 1 amide bonds. The number of rotatable bonds is 3. The van der Waals surface area contributed by atoms with E-state index in [0.717, 1.165) is 16.8 Å². The second kappa shape index (κ2) is 6.14. The molecule has 0 atom stereocenters. The molecule has 0 fully saturated rings. The van der Waals surface area contributed by atoms with Crippen molar-refractivity contribution in [2.45, 2.75) is 13.8 Å². The summed E-state index contributed by atoms with van der Waals surface area (Å²) in [7, 11) is 3.71. The first-order valence-corrected chi connectivity index (χ1v) is 6.99. The van der Waals surface area contributed by atoms with Crippen molar-refractivity contribution in [2.75, 3.05) is 24.3 Å². The Hall–Kier alpha value is -2.07. The van der Waals surface area contributed by atoms with Crippen molar-refractivity contribution < 1.29 is 4.79 Å². The number of pyridine rings is 1. The zero-order chi connectivity index (χ0) is 15.6. The molecule has 1 aromatic carbocycles. The Morgan fingerprint density at radius 2 is 1.81 bits per heavy atom. The third kappa shape index (κ3) is 3.52. The van der Waals surface area contributed by atoms with E-state index in [1.54, 1.807) is 12.1 Å². The topological polar surface area (TPSA) is 45.2 Å². The number of aryl methyl sites for hydroxylation is 2. The first kappa shape index (κ1) is 15.3. The third-order valence-electron chi connectivity index (χ3n) is 3.22. The van der Waals surface area contributed by atoms with Crippen molar-refractivity contribution >= 4 is 29.0 Å². The molecule has 0 spiro atoms. The first-order chi connectivity index (χ1) is 9.88. The van der Waals surface area contributed by atoms with Crippen LogP contribution in [0, 0.1) is 13.8 Å². The maximum Gasteiger partial charge on any atom is 0.255 e. The number of carbonyl (C=O) groups excluding carboxylic acids is 1. The Morgan fingerprint density at radius 3 is 2.38 bits per heavy atom. The number of nitrogens with zero attached hydrogens (tertiary/aromatic N) is 2. The summed E-state index contributed by atoms with van der Waals surface area (Å²) in [5.41, 5.74) is 3.37. The van der Waals surface area contributed by atoms with Crippen molar-refractivity contribution in [1.29, 1.82) is 0 Å². The smallest absolute Gasteiger partial charge is 0.255 e. The summed E-state index contributed by atoms with van der Waals surface area (Å²) in [5.74, 6) is 0.453. The molecule has 0 aliphatic rings. The molecule has 5 heteroatoms. The quantitative estimate of drug-likeness (QED) is 0.880. The van der Waals surface area contributed by atoms with Crippen LogP contribution in [0.4, 0.5) is 11.5 Å². The van der Waals surface area contributed by atoms with E-state index < -0.39 is 0 Å². The molecule has 0 radical (unpaired) electrons. The van der Waals surface area contributed by atoms with Crippen LogP contribution in [0.25, 0.3) is 0 Å². The van der Waals surface area contributed by atoms with Gasteiger partial charge in [0.15, 0.2) is 0 Å². The Bertz CT molecular complexity index is 663. The number of hydrogen-bond acceptors (Lipinski definition) is 3. The van der Waals surface area contributed by atoms with E-state index >= 15 is 0 Å². The number of nitrogens with one attached hydrogen (secondary N) is 1. The van der Waals surface area contributed by atoms with Gasteiger partial charge < -0.3 is 10.2 Å². The fourth-order valence-corrected chi connectivity index (χ4v) is 2.24. The highest BCUT2D eigenvalue weighted by Gasteiger charge is 2.12. The van der Waals surface area contributed by atoms with Crippen molar-refractivity contribution in [2.24, 2.45) is 0 Å². The third-order valence-corrected chi connectivity index (χ3v) is 3.41. The van der Waals surface area contributed by atoms with Crippen molar-refractivity contribution in [3.05, 3.63) is 52.2 Å². The number of carbonyl (C=O) groups is 1. The predicted octanol–water partition coefficient (Wildman–Crippen LogP) is 3.67. The number of anilines is 2. The van der Waals surface area contributed by atoms with Crippen LogP contribution >= 0.6 is 11.6 Å². The van der Waals surface area contributed by atoms with Crippen LogP contribution in [0.15, 0.2) is 30.3 Å². The van der Waals surface area contributed by atoms with Gasteiger partial charge in [0, 0.05) is 25.3 Å². The van der Waals surface area contributed by atoms with E-state index in [-0.39, 0.29) is 5.91 Å². The summed E-state index contributed by atoms with van der Waals surface area (Å²) in [6, 6.07) is 9.18. The zero-order valence-electron chi connectivity index (χ0n) is 12.6. The van der Waals surface area contributed by atoms with Gasteiger partial charge in [-0.15, -0.1) is 0 Å². The minimum atomic E-state index is -0.195. The molecule has 0 aliphatic carbocycles. The van der Waals surface area contributed by atoms with Crippen molar-refractivity contribution in [1.82, 2.24) is 4.98 Å². The monoisotopic (exact) mass is 303 g/mol.